The summed E-state index contributed by atoms with van der Waals surface area (Å²) >= 11 is 0. The standard InChI is InChI=1S/C27H37N3O7/c1-27(2,3)37-25(32)29-15-17-35-19-18-34-16-14-28-24(31)23(22-12-8-5-9-13-22)30-26(33)36-20-21-10-6-4-7-11-21/h4-13,23H,14-20H2,1-3H3,(H,28,31)(H,29,32)(H,30,33)/t23-/m0/s1. The van der Waals surface area contributed by atoms with Gasteiger partial charge in [-0.05, 0) is 31.9 Å². The molecule has 0 aliphatic carbocycles. The van der Waals surface area contributed by atoms with Gasteiger partial charge in [0.15, 0.2) is 0 Å². The van der Waals surface area contributed by atoms with E-state index in [4.69, 9.17) is 18.9 Å². The van der Waals surface area contributed by atoms with Gasteiger partial charge in [-0.15, -0.1) is 0 Å². The van der Waals surface area contributed by atoms with Gasteiger partial charge >= 0.3 is 12.2 Å². The molecule has 0 aromatic heterocycles. The number of ether oxygens (including phenoxy) is 4. The number of hydrogen-bond acceptors (Lipinski definition) is 7. The van der Waals surface area contributed by atoms with E-state index >= 15 is 0 Å². The first kappa shape index (κ1) is 29.6. The summed E-state index contributed by atoms with van der Waals surface area (Å²) in [5.41, 5.74) is 0.932. The number of carbonyl (C=O) groups is 3. The fraction of sp³-hybridized carbons (Fsp3) is 0.444. The molecule has 0 saturated carbocycles. The van der Waals surface area contributed by atoms with Gasteiger partial charge in [0.05, 0.1) is 26.4 Å². The molecule has 0 spiro atoms. The minimum atomic E-state index is -0.912. The molecule has 2 rings (SSSR count). The van der Waals surface area contributed by atoms with Crippen LogP contribution in [0.2, 0.25) is 0 Å². The van der Waals surface area contributed by atoms with Gasteiger partial charge in [0.25, 0.3) is 0 Å². The molecule has 0 aliphatic rings. The Morgan fingerprint density at radius 1 is 0.757 bits per heavy atom. The Labute approximate surface area is 218 Å². The van der Waals surface area contributed by atoms with Crippen LogP contribution in [0.4, 0.5) is 9.59 Å². The van der Waals surface area contributed by atoms with Gasteiger partial charge in [-0.3, -0.25) is 4.79 Å². The third-order valence-electron chi connectivity index (χ3n) is 4.70. The summed E-state index contributed by atoms with van der Waals surface area (Å²) < 4.78 is 21.3. The highest BCUT2D eigenvalue weighted by Crippen LogP contribution is 2.13. The minimum Gasteiger partial charge on any atom is -0.445 e. The molecule has 202 valence electrons. The first-order chi connectivity index (χ1) is 17.7. The Morgan fingerprint density at radius 2 is 1.32 bits per heavy atom. The lowest BCUT2D eigenvalue weighted by atomic mass is 10.1. The third-order valence-corrected chi connectivity index (χ3v) is 4.70. The van der Waals surface area contributed by atoms with Gasteiger partial charge in [-0.1, -0.05) is 60.7 Å². The highest BCUT2D eigenvalue weighted by molar-refractivity contribution is 5.86. The molecule has 1 atom stereocenters. The van der Waals surface area contributed by atoms with Crippen LogP contribution in [0.15, 0.2) is 60.7 Å². The summed E-state index contributed by atoms with van der Waals surface area (Å²) in [6, 6.07) is 17.3. The summed E-state index contributed by atoms with van der Waals surface area (Å²) in [7, 11) is 0. The van der Waals surface area contributed by atoms with Crippen molar-refractivity contribution in [2.45, 2.75) is 39.0 Å². The van der Waals surface area contributed by atoms with Crippen LogP contribution in [0, 0.1) is 0 Å². The van der Waals surface area contributed by atoms with E-state index in [1.54, 1.807) is 45.0 Å². The second-order valence-corrected chi connectivity index (χ2v) is 8.99. The quantitative estimate of drug-likeness (QED) is 0.330. The predicted octanol–water partition coefficient (Wildman–Crippen LogP) is 3.33. The third kappa shape index (κ3) is 13.3. The fourth-order valence-electron chi connectivity index (χ4n) is 3.04. The summed E-state index contributed by atoms with van der Waals surface area (Å²) in [5, 5.41) is 8.00. The molecule has 3 amide bonds. The van der Waals surface area contributed by atoms with Crippen molar-refractivity contribution in [2.75, 3.05) is 39.5 Å². The number of benzene rings is 2. The van der Waals surface area contributed by atoms with E-state index in [1.165, 1.54) is 0 Å². The Kier molecular flexibility index (Phi) is 12.9. The number of nitrogens with one attached hydrogen (secondary N) is 3. The van der Waals surface area contributed by atoms with E-state index in [0.29, 0.717) is 31.9 Å². The van der Waals surface area contributed by atoms with E-state index in [1.807, 2.05) is 36.4 Å². The molecular formula is C27H37N3O7. The lowest BCUT2D eigenvalue weighted by Crippen LogP contribution is -2.41. The summed E-state index contributed by atoms with van der Waals surface area (Å²) in [6.45, 7) is 7.32. The SMILES string of the molecule is CC(C)(C)OC(=O)NCCOCCOCCNC(=O)[C@@H](NC(=O)OCc1ccccc1)c1ccccc1. The topological polar surface area (TPSA) is 124 Å². The molecule has 10 heteroatoms. The van der Waals surface area contributed by atoms with Crippen molar-refractivity contribution >= 4 is 18.1 Å². The molecule has 3 N–H and O–H groups in total. The normalized spacial score (nSPS) is 11.8. The monoisotopic (exact) mass is 515 g/mol. The van der Waals surface area contributed by atoms with Gasteiger partial charge in [0.1, 0.15) is 18.2 Å². The van der Waals surface area contributed by atoms with Gasteiger partial charge in [-0.2, -0.15) is 0 Å². The minimum absolute atomic E-state index is 0.1000. The van der Waals surface area contributed by atoms with Crippen LogP contribution >= 0.6 is 0 Å². The van der Waals surface area contributed by atoms with E-state index in [-0.39, 0.29) is 25.7 Å². The zero-order valence-corrected chi connectivity index (χ0v) is 21.7. The van der Waals surface area contributed by atoms with Crippen molar-refractivity contribution in [3.8, 4) is 0 Å². The van der Waals surface area contributed by atoms with Crippen LogP contribution in [0.25, 0.3) is 0 Å². The summed E-state index contributed by atoms with van der Waals surface area (Å²) in [6.07, 6.45) is -1.18. The maximum atomic E-state index is 12.8. The van der Waals surface area contributed by atoms with Crippen LogP contribution in [0.1, 0.15) is 37.9 Å². The van der Waals surface area contributed by atoms with E-state index in [2.05, 4.69) is 16.0 Å². The lowest BCUT2D eigenvalue weighted by molar-refractivity contribution is -0.123. The highest BCUT2D eigenvalue weighted by atomic mass is 16.6. The number of hydrogen-bond donors (Lipinski definition) is 3. The molecule has 2 aromatic carbocycles. The smallest absolute Gasteiger partial charge is 0.408 e. The molecule has 37 heavy (non-hydrogen) atoms. The van der Waals surface area contributed by atoms with Crippen molar-refractivity contribution in [3.05, 3.63) is 71.8 Å². The average Bonchev–Trinajstić information content (AvgIpc) is 2.87. The van der Waals surface area contributed by atoms with Crippen molar-refractivity contribution in [3.63, 3.8) is 0 Å². The Bertz CT molecular complexity index is 949. The van der Waals surface area contributed by atoms with E-state index in [0.717, 1.165) is 5.56 Å². The van der Waals surface area contributed by atoms with Gasteiger partial charge in [-0.25, -0.2) is 9.59 Å². The first-order valence-electron chi connectivity index (χ1n) is 12.2. The summed E-state index contributed by atoms with van der Waals surface area (Å²) in [4.78, 5) is 36.7. The lowest BCUT2D eigenvalue weighted by Gasteiger charge is -2.19. The van der Waals surface area contributed by atoms with Crippen LogP contribution < -0.4 is 16.0 Å². The van der Waals surface area contributed by atoms with Gasteiger partial charge in [0.2, 0.25) is 5.91 Å². The zero-order chi connectivity index (χ0) is 26.9. The van der Waals surface area contributed by atoms with Gasteiger partial charge < -0.3 is 34.9 Å². The van der Waals surface area contributed by atoms with E-state index < -0.39 is 23.8 Å². The second kappa shape index (κ2) is 16.2. The second-order valence-electron chi connectivity index (χ2n) is 8.99. The molecule has 0 unspecified atom stereocenters. The Balaban J connectivity index is 1.64. The average molecular weight is 516 g/mol. The molecule has 10 nitrogen and oxygen atoms in total. The van der Waals surface area contributed by atoms with Crippen molar-refractivity contribution < 1.29 is 33.3 Å². The molecule has 0 saturated heterocycles. The number of carbonyl (C=O) groups excluding carboxylic acids is 3. The molecule has 2 aromatic rings. The van der Waals surface area contributed by atoms with Crippen molar-refractivity contribution in [1.82, 2.24) is 16.0 Å². The Hall–Kier alpha value is -3.63. The first-order valence-corrected chi connectivity index (χ1v) is 12.2. The van der Waals surface area contributed by atoms with Crippen LogP contribution in [-0.2, 0) is 30.3 Å². The molecule has 0 heterocycles. The largest absolute Gasteiger partial charge is 0.445 e. The molecule has 0 fully saturated rings. The van der Waals surface area contributed by atoms with Crippen LogP contribution in [0.3, 0.4) is 0 Å². The maximum Gasteiger partial charge on any atom is 0.408 e. The maximum absolute atomic E-state index is 12.8. The van der Waals surface area contributed by atoms with Crippen molar-refractivity contribution in [2.24, 2.45) is 0 Å². The highest BCUT2D eigenvalue weighted by Gasteiger charge is 2.23. The summed E-state index contributed by atoms with van der Waals surface area (Å²) in [5.74, 6) is -0.379. The molecular weight excluding hydrogens is 478 g/mol. The van der Waals surface area contributed by atoms with Crippen molar-refractivity contribution in [1.29, 1.82) is 0 Å². The van der Waals surface area contributed by atoms with Crippen LogP contribution in [-0.4, -0.2) is 63.2 Å². The van der Waals surface area contributed by atoms with Gasteiger partial charge in [0, 0.05) is 13.1 Å². The molecule has 0 radical (unpaired) electrons. The zero-order valence-electron chi connectivity index (χ0n) is 21.7. The van der Waals surface area contributed by atoms with E-state index in [9.17, 15) is 14.4 Å². The predicted molar refractivity (Wildman–Crippen MR) is 138 cm³/mol. The Morgan fingerprint density at radius 3 is 1.92 bits per heavy atom. The number of amides is 3. The van der Waals surface area contributed by atoms with Crippen LogP contribution in [0.5, 0.6) is 0 Å². The molecule has 0 aliphatic heterocycles. The fourth-order valence-corrected chi connectivity index (χ4v) is 3.04. The number of rotatable bonds is 14. The molecule has 0 bridgehead atoms. The number of alkyl carbamates (subject to hydrolysis) is 2.